The van der Waals surface area contributed by atoms with E-state index in [1.54, 1.807) is 0 Å². The zero-order valence-corrected chi connectivity index (χ0v) is 7.31. The predicted molar refractivity (Wildman–Crippen MR) is 45.3 cm³/mol. The van der Waals surface area contributed by atoms with Crippen molar-refractivity contribution in [2.24, 2.45) is 5.10 Å². The van der Waals surface area contributed by atoms with Gasteiger partial charge in [-0.1, -0.05) is 0 Å². The second kappa shape index (κ2) is 5.23. The maximum Gasteiger partial charge on any atom is 0.0481 e. The molecule has 0 aliphatic heterocycles. The average Bonchev–Trinajstić information content (AvgIpc) is 1.82. The molecular formula is C7H17N3. The van der Waals surface area contributed by atoms with Crippen molar-refractivity contribution in [3.63, 3.8) is 0 Å². The first-order chi connectivity index (χ1) is 4.66. The third-order valence-electron chi connectivity index (χ3n) is 1.06. The van der Waals surface area contributed by atoms with E-state index < -0.39 is 0 Å². The van der Waals surface area contributed by atoms with Gasteiger partial charge in [0, 0.05) is 25.8 Å². The van der Waals surface area contributed by atoms with Crippen LogP contribution in [0.15, 0.2) is 5.10 Å². The van der Waals surface area contributed by atoms with Crippen LogP contribution in [-0.2, 0) is 0 Å². The molecule has 0 unspecified atom stereocenters. The Labute approximate surface area is 63.1 Å². The molecule has 0 radical (unpaired) electrons. The molecule has 10 heavy (non-hydrogen) atoms. The van der Waals surface area contributed by atoms with Crippen LogP contribution in [0.2, 0.25) is 0 Å². The van der Waals surface area contributed by atoms with Crippen molar-refractivity contribution in [3.8, 4) is 0 Å². The standard InChI is InChI=1S/C7H17N3/c1-7(2)9-10(4)6-5-8-3/h8H,5-6H2,1-4H3. The number of likely N-dealkylation sites (N-methyl/N-ethyl adjacent to an activating group) is 2. The van der Waals surface area contributed by atoms with Crippen molar-refractivity contribution in [2.45, 2.75) is 13.8 Å². The lowest BCUT2D eigenvalue weighted by atomic mass is 10.5. The van der Waals surface area contributed by atoms with Crippen molar-refractivity contribution in [1.29, 1.82) is 0 Å². The minimum atomic E-state index is 0.960. The van der Waals surface area contributed by atoms with Crippen LogP contribution in [0, 0.1) is 0 Å². The molecule has 0 heterocycles. The second-order valence-corrected chi connectivity index (χ2v) is 2.53. The summed E-state index contributed by atoms with van der Waals surface area (Å²) in [6.07, 6.45) is 0. The first kappa shape index (κ1) is 9.43. The summed E-state index contributed by atoms with van der Waals surface area (Å²) in [6.45, 7) is 5.93. The van der Waals surface area contributed by atoms with Gasteiger partial charge < -0.3 is 5.32 Å². The molecule has 1 N–H and O–H groups in total. The molecular weight excluding hydrogens is 126 g/mol. The van der Waals surface area contributed by atoms with E-state index in [4.69, 9.17) is 0 Å². The van der Waals surface area contributed by atoms with Crippen molar-refractivity contribution >= 4 is 5.71 Å². The highest BCUT2D eigenvalue weighted by molar-refractivity contribution is 5.78. The Morgan fingerprint density at radius 1 is 1.50 bits per heavy atom. The zero-order chi connectivity index (χ0) is 7.98. The van der Waals surface area contributed by atoms with Gasteiger partial charge in [0.2, 0.25) is 0 Å². The monoisotopic (exact) mass is 143 g/mol. The van der Waals surface area contributed by atoms with Gasteiger partial charge in [0.25, 0.3) is 0 Å². The summed E-state index contributed by atoms with van der Waals surface area (Å²) in [6, 6.07) is 0. The molecule has 0 saturated carbocycles. The van der Waals surface area contributed by atoms with E-state index in [9.17, 15) is 0 Å². The number of hydrazone groups is 1. The predicted octanol–water partition coefficient (Wildman–Crippen LogP) is 0.533. The van der Waals surface area contributed by atoms with Gasteiger partial charge >= 0.3 is 0 Å². The molecule has 0 aliphatic carbocycles. The summed E-state index contributed by atoms with van der Waals surface area (Å²) in [4.78, 5) is 0. The first-order valence-corrected chi connectivity index (χ1v) is 3.54. The van der Waals surface area contributed by atoms with Crippen LogP contribution in [-0.4, -0.2) is 37.9 Å². The molecule has 0 aliphatic rings. The molecule has 0 saturated heterocycles. The quantitative estimate of drug-likeness (QED) is 0.459. The first-order valence-electron chi connectivity index (χ1n) is 3.54. The lowest BCUT2D eigenvalue weighted by Crippen LogP contribution is -2.23. The van der Waals surface area contributed by atoms with Gasteiger partial charge in [0.05, 0.1) is 0 Å². The average molecular weight is 143 g/mol. The molecule has 0 spiro atoms. The van der Waals surface area contributed by atoms with Crippen molar-refractivity contribution < 1.29 is 0 Å². The normalized spacial score (nSPS) is 9.20. The van der Waals surface area contributed by atoms with Crippen LogP contribution in [0.25, 0.3) is 0 Å². The Morgan fingerprint density at radius 2 is 2.10 bits per heavy atom. The van der Waals surface area contributed by atoms with Crippen molar-refractivity contribution in [2.75, 3.05) is 27.2 Å². The smallest absolute Gasteiger partial charge is 0.0481 e. The SMILES string of the molecule is CNCCN(C)N=C(C)C. The fraction of sp³-hybridized carbons (Fsp3) is 0.857. The van der Waals surface area contributed by atoms with Gasteiger partial charge in [-0.15, -0.1) is 0 Å². The van der Waals surface area contributed by atoms with Crippen LogP contribution in [0.1, 0.15) is 13.8 Å². The number of nitrogens with zero attached hydrogens (tertiary/aromatic N) is 2. The largest absolute Gasteiger partial charge is 0.318 e. The van der Waals surface area contributed by atoms with Gasteiger partial charge in [-0.2, -0.15) is 5.10 Å². The fourth-order valence-corrected chi connectivity index (χ4v) is 0.665. The molecule has 3 heteroatoms. The topological polar surface area (TPSA) is 27.6 Å². The lowest BCUT2D eigenvalue weighted by Gasteiger charge is -2.12. The van der Waals surface area contributed by atoms with Crippen LogP contribution in [0.4, 0.5) is 0 Å². The third kappa shape index (κ3) is 5.56. The minimum Gasteiger partial charge on any atom is -0.318 e. The van der Waals surface area contributed by atoms with E-state index in [0.29, 0.717) is 0 Å². The molecule has 0 aromatic carbocycles. The molecule has 0 aromatic rings. The minimum absolute atomic E-state index is 0.960. The van der Waals surface area contributed by atoms with E-state index in [-0.39, 0.29) is 0 Å². The van der Waals surface area contributed by atoms with E-state index in [1.807, 2.05) is 33.0 Å². The Bertz CT molecular complexity index is 105. The summed E-state index contributed by atoms with van der Waals surface area (Å²) in [5.41, 5.74) is 1.10. The molecule has 60 valence electrons. The van der Waals surface area contributed by atoms with Crippen molar-refractivity contribution in [3.05, 3.63) is 0 Å². The lowest BCUT2D eigenvalue weighted by molar-refractivity contribution is 0.354. The molecule has 0 fully saturated rings. The van der Waals surface area contributed by atoms with E-state index in [2.05, 4.69) is 10.4 Å². The zero-order valence-electron chi connectivity index (χ0n) is 7.31. The van der Waals surface area contributed by atoms with E-state index in [0.717, 1.165) is 18.8 Å². The van der Waals surface area contributed by atoms with Crippen molar-refractivity contribution in [1.82, 2.24) is 10.3 Å². The molecule has 0 bridgehead atoms. The van der Waals surface area contributed by atoms with E-state index in [1.165, 1.54) is 0 Å². The molecule has 0 aromatic heterocycles. The van der Waals surface area contributed by atoms with Crippen LogP contribution in [0.3, 0.4) is 0 Å². The maximum atomic E-state index is 4.22. The second-order valence-electron chi connectivity index (χ2n) is 2.53. The number of rotatable bonds is 4. The van der Waals surface area contributed by atoms with Gasteiger partial charge in [-0.3, -0.25) is 5.01 Å². The molecule has 3 nitrogen and oxygen atoms in total. The Morgan fingerprint density at radius 3 is 2.50 bits per heavy atom. The summed E-state index contributed by atoms with van der Waals surface area (Å²) in [7, 11) is 3.92. The van der Waals surface area contributed by atoms with Gasteiger partial charge in [0.15, 0.2) is 0 Å². The maximum absolute atomic E-state index is 4.22. The molecule has 0 rings (SSSR count). The Balaban J connectivity index is 3.43. The van der Waals surface area contributed by atoms with Crippen LogP contribution < -0.4 is 5.32 Å². The summed E-state index contributed by atoms with van der Waals surface area (Å²) < 4.78 is 0. The van der Waals surface area contributed by atoms with Gasteiger partial charge in [-0.25, -0.2) is 0 Å². The van der Waals surface area contributed by atoms with Crippen LogP contribution in [0.5, 0.6) is 0 Å². The fourth-order valence-electron chi connectivity index (χ4n) is 0.665. The van der Waals surface area contributed by atoms with E-state index >= 15 is 0 Å². The highest BCUT2D eigenvalue weighted by Crippen LogP contribution is 1.83. The summed E-state index contributed by atoms with van der Waals surface area (Å²) >= 11 is 0. The van der Waals surface area contributed by atoms with Gasteiger partial charge in [-0.05, 0) is 20.9 Å². The highest BCUT2D eigenvalue weighted by atomic mass is 15.4. The Hall–Kier alpha value is -0.570. The third-order valence-corrected chi connectivity index (χ3v) is 1.06. The van der Waals surface area contributed by atoms with Crippen LogP contribution >= 0.6 is 0 Å². The summed E-state index contributed by atoms with van der Waals surface area (Å²) in [5.74, 6) is 0. The molecule has 0 atom stereocenters. The highest BCUT2D eigenvalue weighted by Gasteiger charge is 1.89. The number of nitrogens with one attached hydrogen (secondary N) is 1. The van der Waals surface area contributed by atoms with Gasteiger partial charge in [0.1, 0.15) is 0 Å². The Kier molecular flexibility index (Phi) is 4.94. The number of hydrogen-bond acceptors (Lipinski definition) is 3. The number of hydrogen-bond donors (Lipinski definition) is 1. The summed E-state index contributed by atoms with van der Waals surface area (Å²) in [5, 5.41) is 9.22. The molecule has 0 amide bonds.